The van der Waals surface area contributed by atoms with Gasteiger partial charge in [-0.25, -0.2) is 14.4 Å². The maximum absolute atomic E-state index is 14.5. The molecule has 3 nitrogen and oxygen atoms in total. The average Bonchev–Trinajstić information content (AvgIpc) is 2.52. The number of pyridine rings is 2. The molecule has 1 aliphatic heterocycles. The molecule has 2 aromatic heterocycles. The molecule has 1 aliphatic rings. The molecule has 0 aliphatic carbocycles. The van der Waals surface area contributed by atoms with Gasteiger partial charge in [-0.2, -0.15) is 0 Å². The highest BCUT2D eigenvalue weighted by molar-refractivity contribution is 7.56. The van der Waals surface area contributed by atoms with Gasteiger partial charge in [-0.3, -0.25) is 0 Å². The van der Waals surface area contributed by atoms with E-state index in [0.29, 0.717) is 32.6 Å². The predicted octanol–water partition coefficient (Wildman–Crippen LogP) is 5.09. The molecule has 0 aromatic carbocycles. The first-order chi connectivity index (χ1) is 10.9. The van der Waals surface area contributed by atoms with E-state index >= 15 is 0 Å². The van der Waals surface area contributed by atoms with Crippen LogP contribution in [0.15, 0.2) is 6.07 Å². The predicted molar refractivity (Wildman–Crippen MR) is 98.3 cm³/mol. The minimum atomic E-state index is -0.350. The maximum atomic E-state index is 14.5. The van der Waals surface area contributed by atoms with Crippen molar-refractivity contribution in [2.75, 3.05) is 31.3 Å². The molecule has 0 radical (unpaired) electrons. The smallest absolute Gasteiger partial charge is 0.167 e. The molecule has 0 amide bonds. The Balaban J connectivity index is 1.97. The Bertz CT molecular complexity index is 746. The van der Waals surface area contributed by atoms with Crippen molar-refractivity contribution in [2.24, 2.45) is 0 Å². The molecule has 1 saturated heterocycles. The van der Waals surface area contributed by atoms with Gasteiger partial charge in [0.25, 0.3) is 0 Å². The number of hydrogen-bond acceptors (Lipinski definition) is 3. The second-order valence-electron chi connectivity index (χ2n) is 6.17. The first-order valence-corrected chi connectivity index (χ1v) is 10.7. The zero-order chi connectivity index (χ0) is 16.7. The van der Waals surface area contributed by atoms with Gasteiger partial charge in [-0.1, -0.05) is 23.2 Å². The summed E-state index contributed by atoms with van der Waals surface area (Å²) in [5.74, 6) is 0.00704. The molecule has 0 bridgehead atoms. The molecule has 0 saturated carbocycles. The Morgan fingerprint density at radius 2 is 1.83 bits per heavy atom. The number of aryl methyl sites for hydroxylation is 1. The Morgan fingerprint density at radius 1 is 1.17 bits per heavy atom. The topological polar surface area (TPSA) is 29.0 Å². The van der Waals surface area contributed by atoms with Crippen LogP contribution in [0.25, 0.3) is 11.0 Å². The number of anilines is 1. The van der Waals surface area contributed by atoms with Gasteiger partial charge in [0.05, 0.1) is 21.3 Å². The van der Waals surface area contributed by atoms with Crippen molar-refractivity contribution in [1.82, 2.24) is 9.97 Å². The second-order valence-corrected chi connectivity index (χ2v) is 9.58. The van der Waals surface area contributed by atoms with Crippen LogP contribution < -0.4 is 4.90 Å². The van der Waals surface area contributed by atoms with Crippen molar-refractivity contribution in [3.8, 4) is 0 Å². The van der Waals surface area contributed by atoms with Crippen LogP contribution in [0.5, 0.6) is 0 Å². The zero-order valence-corrected chi connectivity index (χ0v) is 15.8. The SMILES string of the molecule is Cc1nc2cc(F)c(N3CCC(P(C)C)CC3)nc2c(Cl)c1Cl. The second kappa shape index (κ2) is 6.66. The Kier molecular flexibility index (Phi) is 4.96. The van der Waals surface area contributed by atoms with E-state index in [9.17, 15) is 4.39 Å². The van der Waals surface area contributed by atoms with Crippen LogP contribution in [0.4, 0.5) is 10.2 Å². The van der Waals surface area contributed by atoms with E-state index in [4.69, 9.17) is 23.2 Å². The lowest BCUT2D eigenvalue weighted by Crippen LogP contribution is -2.36. The van der Waals surface area contributed by atoms with Crippen LogP contribution in [0, 0.1) is 12.7 Å². The largest absolute Gasteiger partial charge is 0.354 e. The van der Waals surface area contributed by atoms with Gasteiger partial charge < -0.3 is 4.90 Å². The van der Waals surface area contributed by atoms with Crippen LogP contribution in [0.3, 0.4) is 0 Å². The number of rotatable bonds is 2. The summed E-state index contributed by atoms with van der Waals surface area (Å²) in [5.41, 5.74) is 2.25. The molecule has 1 fully saturated rings. The zero-order valence-electron chi connectivity index (χ0n) is 13.4. The van der Waals surface area contributed by atoms with Gasteiger partial charge >= 0.3 is 0 Å². The summed E-state index contributed by atoms with van der Waals surface area (Å²) in [6.07, 6.45) is 2.16. The van der Waals surface area contributed by atoms with Crippen molar-refractivity contribution < 1.29 is 4.39 Å². The van der Waals surface area contributed by atoms with Gasteiger partial charge in [0.1, 0.15) is 5.52 Å². The van der Waals surface area contributed by atoms with Crippen molar-refractivity contribution in [3.05, 3.63) is 27.6 Å². The maximum Gasteiger partial charge on any atom is 0.167 e. The molecule has 124 valence electrons. The normalized spacial score (nSPS) is 16.6. The summed E-state index contributed by atoms with van der Waals surface area (Å²) in [5, 5.41) is 0.724. The number of aromatic nitrogens is 2. The average molecular weight is 374 g/mol. The molecule has 3 heterocycles. The van der Waals surface area contributed by atoms with Crippen molar-refractivity contribution >= 4 is 48.0 Å². The molecule has 23 heavy (non-hydrogen) atoms. The minimum absolute atomic E-state index is 0.0550. The van der Waals surface area contributed by atoms with Crippen LogP contribution >= 0.6 is 31.1 Å². The van der Waals surface area contributed by atoms with Crippen LogP contribution in [0.1, 0.15) is 18.5 Å². The third-order valence-electron chi connectivity index (χ3n) is 4.44. The molecular weight excluding hydrogens is 355 g/mol. The fraction of sp³-hybridized carbons (Fsp3) is 0.500. The first-order valence-electron chi connectivity index (χ1n) is 7.61. The van der Waals surface area contributed by atoms with E-state index in [1.54, 1.807) is 6.92 Å². The Labute approximate surface area is 146 Å². The molecule has 0 spiro atoms. The molecule has 3 rings (SSSR count). The number of nitrogens with zero attached hydrogens (tertiary/aromatic N) is 3. The highest BCUT2D eigenvalue weighted by atomic mass is 35.5. The molecule has 0 N–H and O–H groups in total. The molecule has 0 atom stereocenters. The van der Waals surface area contributed by atoms with Crippen molar-refractivity contribution in [3.63, 3.8) is 0 Å². The van der Waals surface area contributed by atoms with E-state index in [2.05, 4.69) is 23.3 Å². The number of hydrogen-bond donors (Lipinski definition) is 0. The monoisotopic (exact) mass is 373 g/mol. The fourth-order valence-corrected chi connectivity index (χ4v) is 4.70. The third-order valence-corrected chi connectivity index (χ3v) is 7.34. The summed E-state index contributed by atoms with van der Waals surface area (Å²) in [6, 6.07) is 1.41. The van der Waals surface area contributed by atoms with Crippen LogP contribution in [-0.2, 0) is 0 Å². The first kappa shape index (κ1) is 17.1. The highest BCUT2D eigenvalue weighted by Crippen LogP contribution is 2.40. The van der Waals surface area contributed by atoms with E-state index in [0.717, 1.165) is 31.6 Å². The lowest BCUT2D eigenvalue weighted by molar-refractivity contribution is 0.556. The van der Waals surface area contributed by atoms with E-state index in [1.165, 1.54) is 6.07 Å². The van der Waals surface area contributed by atoms with Gasteiger partial charge in [-0.05, 0) is 38.8 Å². The summed E-state index contributed by atoms with van der Waals surface area (Å²) >= 11 is 12.4. The summed E-state index contributed by atoms with van der Waals surface area (Å²) in [4.78, 5) is 10.7. The van der Waals surface area contributed by atoms with Crippen molar-refractivity contribution in [1.29, 1.82) is 0 Å². The number of halogens is 3. The fourth-order valence-electron chi connectivity index (χ4n) is 3.02. The highest BCUT2D eigenvalue weighted by Gasteiger charge is 2.25. The summed E-state index contributed by atoms with van der Waals surface area (Å²) < 4.78 is 14.5. The van der Waals surface area contributed by atoms with Gasteiger partial charge in [0.2, 0.25) is 0 Å². The van der Waals surface area contributed by atoms with E-state index < -0.39 is 0 Å². The van der Waals surface area contributed by atoms with Crippen LogP contribution in [-0.4, -0.2) is 42.0 Å². The Morgan fingerprint density at radius 3 is 2.43 bits per heavy atom. The van der Waals surface area contributed by atoms with E-state index in [1.807, 2.05) is 4.90 Å². The van der Waals surface area contributed by atoms with Gasteiger partial charge in [0.15, 0.2) is 11.6 Å². The molecule has 2 aromatic rings. The molecular formula is C16H19Cl2FN3P. The van der Waals surface area contributed by atoms with Gasteiger partial charge in [0, 0.05) is 19.2 Å². The Hall–Kier alpha value is -0.700. The molecule has 0 unspecified atom stereocenters. The molecule has 7 heteroatoms. The lowest BCUT2D eigenvalue weighted by Gasteiger charge is -2.34. The summed E-state index contributed by atoms with van der Waals surface area (Å²) in [7, 11) is 0.0550. The quantitative estimate of drug-likeness (QED) is 0.686. The number of fused-ring (bicyclic) bond motifs is 1. The lowest BCUT2D eigenvalue weighted by atomic mass is 10.1. The standard InChI is InChI=1S/C16H19Cl2FN3P/c1-9-13(17)14(18)15-12(20-9)8-11(19)16(21-15)22-6-4-10(5-7-22)23(2)3/h8,10H,4-7H2,1-3H3. The minimum Gasteiger partial charge on any atom is -0.354 e. The van der Waals surface area contributed by atoms with Crippen LogP contribution in [0.2, 0.25) is 10.0 Å². The third kappa shape index (κ3) is 3.26. The number of piperidine rings is 1. The van der Waals surface area contributed by atoms with Gasteiger partial charge in [-0.15, -0.1) is 7.92 Å². The summed E-state index contributed by atoms with van der Waals surface area (Å²) in [6.45, 7) is 8.01. The van der Waals surface area contributed by atoms with E-state index in [-0.39, 0.29) is 13.7 Å². The van der Waals surface area contributed by atoms with Crippen molar-refractivity contribution in [2.45, 2.75) is 25.4 Å².